The lowest BCUT2D eigenvalue weighted by atomic mass is 10.0. The first-order valence-electron chi connectivity index (χ1n) is 7.96. The molecule has 0 bridgehead atoms. The zero-order valence-corrected chi connectivity index (χ0v) is 13.2. The highest BCUT2D eigenvalue weighted by Gasteiger charge is 2.28. The first-order valence-corrected chi connectivity index (χ1v) is 7.96. The van der Waals surface area contributed by atoms with Crippen molar-refractivity contribution >= 4 is 17.7 Å². The summed E-state index contributed by atoms with van der Waals surface area (Å²) in [5.74, 6) is 0.0543. The third kappa shape index (κ3) is 3.57. The van der Waals surface area contributed by atoms with Crippen molar-refractivity contribution in [1.82, 2.24) is 5.01 Å². The van der Waals surface area contributed by atoms with Gasteiger partial charge in [0.05, 0.1) is 11.8 Å². The molecule has 2 aromatic carbocycles. The summed E-state index contributed by atoms with van der Waals surface area (Å²) in [7, 11) is 0. The van der Waals surface area contributed by atoms with Crippen LogP contribution in [0.3, 0.4) is 0 Å². The molecule has 1 heterocycles. The van der Waals surface area contributed by atoms with E-state index in [-0.39, 0.29) is 11.9 Å². The molecule has 3 heteroatoms. The van der Waals surface area contributed by atoms with Gasteiger partial charge < -0.3 is 0 Å². The number of amides is 1. The van der Waals surface area contributed by atoms with Crippen LogP contribution in [0, 0.1) is 0 Å². The normalized spacial score (nSPS) is 17.5. The quantitative estimate of drug-likeness (QED) is 0.836. The van der Waals surface area contributed by atoms with Crippen LogP contribution in [-0.2, 0) is 4.79 Å². The van der Waals surface area contributed by atoms with Crippen molar-refractivity contribution in [2.45, 2.75) is 25.8 Å². The Morgan fingerprint density at radius 1 is 1.13 bits per heavy atom. The number of rotatable bonds is 4. The molecule has 23 heavy (non-hydrogen) atoms. The van der Waals surface area contributed by atoms with Gasteiger partial charge in [0.15, 0.2) is 0 Å². The number of benzene rings is 2. The van der Waals surface area contributed by atoms with E-state index >= 15 is 0 Å². The van der Waals surface area contributed by atoms with Gasteiger partial charge in [-0.3, -0.25) is 4.79 Å². The highest BCUT2D eigenvalue weighted by atomic mass is 16.2. The molecule has 2 aromatic rings. The highest BCUT2D eigenvalue weighted by molar-refractivity contribution is 6.03. The second-order valence-electron chi connectivity index (χ2n) is 5.55. The molecule has 0 radical (unpaired) electrons. The largest absolute Gasteiger partial charge is 0.273 e. The Labute approximate surface area is 136 Å². The van der Waals surface area contributed by atoms with Crippen molar-refractivity contribution in [3.8, 4) is 0 Å². The van der Waals surface area contributed by atoms with Crippen LogP contribution in [0.2, 0.25) is 0 Å². The van der Waals surface area contributed by atoms with E-state index in [1.54, 1.807) is 5.01 Å². The van der Waals surface area contributed by atoms with Crippen LogP contribution in [0.5, 0.6) is 0 Å². The second kappa shape index (κ2) is 7.05. The fraction of sp³-hybridized carbons (Fsp3) is 0.200. The predicted molar refractivity (Wildman–Crippen MR) is 94.0 cm³/mol. The Morgan fingerprint density at radius 3 is 2.43 bits per heavy atom. The summed E-state index contributed by atoms with van der Waals surface area (Å²) < 4.78 is 0. The SMILES string of the molecule is CCC(=O)N1N=C(c2ccccc2)CC1/C=C/c1ccccc1. The van der Waals surface area contributed by atoms with Crippen molar-refractivity contribution in [2.24, 2.45) is 5.10 Å². The number of carbonyl (C=O) groups excluding carboxylic acids is 1. The van der Waals surface area contributed by atoms with Crippen LogP contribution in [0.15, 0.2) is 71.8 Å². The molecule has 0 N–H and O–H groups in total. The second-order valence-corrected chi connectivity index (χ2v) is 5.55. The Bertz CT molecular complexity index is 720. The van der Waals surface area contributed by atoms with Crippen molar-refractivity contribution in [3.05, 3.63) is 77.9 Å². The first kappa shape index (κ1) is 15.2. The molecule has 116 valence electrons. The van der Waals surface area contributed by atoms with Gasteiger partial charge in [0.25, 0.3) is 0 Å². The fourth-order valence-electron chi connectivity index (χ4n) is 2.67. The van der Waals surface area contributed by atoms with Crippen LogP contribution < -0.4 is 0 Å². The molecule has 1 aliphatic rings. The Hall–Kier alpha value is -2.68. The third-order valence-electron chi connectivity index (χ3n) is 3.92. The monoisotopic (exact) mass is 304 g/mol. The van der Waals surface area contributed by atoms with Crippen molar-refractivity contribution in [2.75, 3.05) is 0 Å². The molecule has 0 fully saturated rings. The van der Waals surface area contributed by atoms with Crippen LogP contribution >= 0.6 is 0 Å². The molecule has 0 saturated heterocycles. The summed E-state index contributed by atoms with van der Waals surface area (Å²) in [5.41, 5.74) is 3.18. The summed E-state index contributed by atoms with van der Waals surface area (Å²) >= 11 is 0. The molecule has 1 atom stereocenters. The van der Waals surface area contributed by atoms with Gasteiger partial charge in [-0.15, -0.1) is 0 Å². The van der Waals surface area contributed by atoms with E-state index in [1.807, 2.05) is 55.5 Å². The maximum Gasteiger partial charge on any atom is 0.242 e. The van der Waals surface area contributed by atoms with Gasteiger partial charge in [-0.25, -0.2) is 5.01 Å². The van der Waals surface area contributed by atoms with Gasteiger partial charge in [0, 0.05) is 12.8 Å². The Balaban J connectivity index is 1.83. The first-order chi connectivity index (χ1) is 11.3. The molecule has 0 spiro atoms. The Morgan fingerprint density at radius 2 is 1.78 bits per heavy atom. The van der Waals surface area contributed by atoms with Crippen LogP contribution in [0.1, 0.15) is 30.9 Å². The highest BCUT2D eigenvalue weighted by Crippen LogP contribution is 2.22. The van der Waals surface area contributed by atoms with Crippen molar-refractivity contribution in [3.63, 3.8) is 0 Å². The molecule has 0 saturated carbocycles. The summed E-state index contributed by atoms with van der Waals surface area (Å²) in [4.78, 5) is 12.2. The standard InChI is InChI=1S/C20H20N2O/c1-2-20(23)22-18(14-13-16-9-5-3-6-10-16)15-19(21-22)17-11-7-4-8-12-17/h3-14,18H,2,15H2,1H3/b14-13+. The van der Waals surface area contributed by atoms with Gasteiger partial charge in [-0.05, 0) is 11.1 Å². The van der Waals surface area contributed by atoms with Crippen LogP contribution in [0.25, 0.3) is 6.08 Å². The molecule has 1 aliphatic heterocycles. The minimum Gasteiger partial charge on any atom is -0.273 e. The van der Waals surface area contributed by atoms with Gasteiger partial charge in [0.1, 0.15) is 0 Å². The number of nitrogens with zero attached hydrogens (tertiary/aromatic N) is 2. The molecule has 1 amide bonds. The third-order valence-corrected chi connectivity index (χ3v) is 3.92. The molecule has 0 aromatic heterocycles. The maximum atomic E-state index is 12.2. The van der Waals surface area contributed by atoms with Gasteiger partial charge in [-0.2, -0.15) is 5.10 Å². The smallest absolute Gasteiger partial charge is 0.242 e. The van der Waals surface area contributed by atoms with Gasteiger partial charge in [0.2, 0.25) is 5.91 Å². The number of hydrogen-bond donors (Lipinski definition) is 0. The number of hydrogen-bond acceptors (Lipinski definition) is 2. The summed E-state index contributed by atoms with van der Waals surface area (Å²) in [6.07, 6.45) is 5.34. The van der Waals surface area contributed by atoms with Crippen LogP contribution in [-0.4, -0.2) is 22.7 Å². The average Bonchev–Trinajstić information content (AvgIpc) is 3.05. The van der Waals surface area contributed by atoms with E-state index in [0.717, 1.165) is 23.3 Å². The molecule has 1 unspecified atom stereocenters. The maximum absolute atomic E-state index is 12.2. The molecular weight excluding hydrogens is 284 g/mol. The topological polar surface area (TPSA) is 32.7 Å². The predicted octanol–water partition coefficient (Wildman–Crippen LogP) is 4.12. The number of carbonyl (C=O) groups is 1. The van der Waals surface area contributed by atoms with E-state index in [2.05, 4.69) is 29.4 Å². The molecular formula is C20H20N2O. The summed E-state index contributed by atoms with van der Waals surface area (Å²) in [6, 6.07) is 20.2. The molecule has 3 rings (SSSR count). The van der Waals surface area contributed by atoms with Crippen LogP contribution in [0.4, 0.5) is 0 Å². The minimum absolute atomic E-state index is 0.0159. The summed E-state index contributed by atoms with van der Waals surface area (Å²) in [5, 5.41) is 6.20. The van der Waals surface area contributed by atoms with Gasteiger partial charge in [-0.1, -0.05) is 79.7 Å². The van der Waals surface area contributed by atoms with E-state index in [9.17, 15) is 4.79 Å². The van der Waals surface area contributed by atoms with E-state index in [1.165, 1.54) is 0 Å². The zero-order valence-electron chi connectivity index (χ0n) is 13.2. The Kier molecular flexibility index (Phi) is 4.67. The minimum atomic E-state index is -0.0159. The lowest BCUT2D eigenvalue weighted by molar-refractivity contribution is -0.131. The number of hydrazone groups is 1. The lowest BCUT2D eigenvalue weighted by Gasteiger charge is -2.17. The summed E-state index contributed by atoms with van der Waals surface area (Å²) in [6.45, 7) is 1.87. The van der Waals surface area contributed by atoms with E-state index < -0.39 is 0 Å². The fourth-order valence-corrected chi connectivity index (χ4v) is 2.67. The zero-order chi connectivity index (χ0) is 16.1. The molecule has 0 aliphatic carbocycles. The van der Waals surface area contributed by atoms with Crippen molar-refractivity contribution < 1.29 is 4.79 Å². The van der Waals surface area contributed by atoms with E-state index in [4.69, 9.17) is 0 Å². The van der Waals surface area contributed by atoms with Crippen molar-refractivity contribution in [1.29, 1.82) is 0 Å². The van der Waals surface area contributed by atoms with Gasteiger partial charge >= 0.3 is 0 Å². The average molecular weight is 304 g/mol. The van der Waals surface area contributed by atoms with E-state index in [0.29, 0.717) is 6.42 Å². The molecule has 3 nitrogen and oxygen atoms in total. The lowest BCUT2D eigenvalue weighted by Crippen LogP contribution is -2.30.